The van der Waals surface area contributed by atoms with Crippen LogP contribution in [-0.4, -0.2) is 41.7 Å². The molecule has 1 aliphatic heterocycles. The van der Waals surface area contributed by atoms with Crippen LogP contribution >= 0.6 is 0 Å². The van der Waals surface area contributed by atoms with Gasteiger partial charge in [-0.2, -0.15) is 0 Å². The molecule has 116 valence electrons. The van der Waals surface area contributed by atoms with Crippen molar-refractivity contribution in [2.24, 2.45) is 5.92 Å². The highest BCUT2D eigenvalue weighted by atomic mass is 16.5. The van der Waals surface area contributed by atoms with Gasteiger partial charge in [0.15, 0.2) is 0 Å². The second-order valence-corrected chi connectivity index (χ2v) is 5.72. The minimum Gasteiger partial charge on any atom is -0.376 e. The van der Waals surface area contributed by atoms with Crippen LogP contribution in [0.2, 0.25) is 0 Å². The minimum absolute atomic E-state index is 0.138. The number of hydrogen-bond acceptors (Lipinski definition) is 5. The van der Waals surface area contributed by atoms with Crippen LogP contribution in [0.5, 0.6) is 0 Å². The topological polar surface area (TPSA) is 76.1 Å². The Hall–Kier alpha value is -1.69. The molecule has 1 aromatic rings. The Morgan fingerprint density at radius 3 is 3.10 bits per heavy atom. The van der Waals surface area contributed by atoms with Crippen molar-refractivity contribution in [1.29, 1.82) is 0 Å². The molecule has 2 rings (SSSR count). The van der Waals surface area contributed by atoms with Crippen molar-refractivity contribution >= 4 is 11.9 Å². The molecule has 2 N–H and O–H groups in total. The third kappa shape index (κ3) is 5.30. The molecule has 6 nitrogen and oxygen atoms in total. The second kappa shape index (κ2) is 7.93. The van der Waals surface area contributed by atoms with Crippen molar-refractivity contribution < 1.29 is 9.53 Å². The number of nitrogens with one attached hydrogen (secondary N) is 2. The van der Waals surface area contributed by atoms with Crippen molar-refractivity contribution in [2.45, 2.75) is 39.2 Å². The Morgan fingerprint density at radius 1 is 1.52 bits per heavy atom. The number of rotatable bonds is 7. The molecule has 1 aliphatic rings. The maximum Gasteiger partial charge on any atom is 0.270 e. The van der Waals surface area contributed by atoms with E-state index in [-0.39, 0.29) is 12.0 Å². The fourth-order valence-electron chi connectivity index (χ4n) is 2.15. The van der Waals surface area contributed by atoms with E-state index in [1.54, 1.807) is 12.3 Å². The van der Waals surface area contributed by atoms with Gasteiger partial charge in [-0.05, 0) is 31.2 Å². The van der Waals surface area contributed by atoms with Crippen molar-refractivity contribution in [3.63, 3.8) is 0 Å². The Balaban J connectivity index is 1.82. The van der Waals surface area contributed by atoms with Gasteiger partial charge < -0.3 is 15.4 Å². The third-order valence-electron chi connectivity index (χ3n) is 3.41. The standard InChI is InChI=1S/C15H24N4O2/c1-11(2)5-7-16-15-17-8-6-13(19-15)14(20)18-10-12-4-3-9-21-12/h6,8,11-12H,3-5,7,9-10H2,1-2H3,(H,18,20)(H,16,17,19). The summed E-state index contributed by atoms with van der Waals surface area (Å²) in [6.45, 7) is 6.46. The molecule has 1 amide bonds. The lowest BCUT2D eigenvalue weighted by Crippen LogP contribution is -2.32. The number of carbonyl (C=O) groups is 1. The molecule has 6 heteroatoms. The summed E-state index contributed by atoms with van der Waals surface area (Å²) in [5.74, 6) is 0.940. The molecule has 1 atom stereocenters. The lowest BCUT2D eigenvalue weighted by Gasteiger charge is -2.11. The van der Waals surface area contributed by atoms with Crippen LogP contribution in [0.15, 0.2) is 12.3 Å². The molecule has 1 unspecified atom stereocenters. The van der Waals surface area contributed by atoms with Crippen molar-refractivity contribution in [3.05, 3.63) is 18.0 Å². The van der Waals surface area contributed by atoms with Gasteiger partial charge in [0.1, 0.15) is 5.69 Å². The van der Waals surface area contributed by atoms with Crippen LogP contribution < -0.4 is 10.6 Å². The van der Waals surface area contributed by atoms with E-state index in [1.165, 1.54) is 0 Å². The first-order chi connectivity index (χ1) is 10.1. The zero-order chi connectivity index (χ0) is 15.1. The fraction of sp³-hybridized carbons (Fsp3) is 0.667. The van der Waals surface area contributed by atoms with Crippen LogP contribution in [0.1, 0.15) is 43.6 Å². The van der Waals surface area contributed by atoms with Gasteiger partial charge in [-0.3, -0.25) is 4.79 Å². The molecule has 21 heavy (non-hydrogen) atoms. The predicted octanol–water partition coefficient (Wildman–Crippen LogP) is 1.84. The number of carbonyl (C=O) groups excluding carboxylic acids is 1. The van der Waals surface area contributed by atoms with Gasteiger partial charge in [0, 0.05) is 25.9 Å². The summed E-state index contributed by atoms with van der Waals surface area (Å²) in [6.07, 6.45) is 4.86. The Bertz CT molecular complexity index is 459. The highest BCUT2D eigenvalue weighted by Crippen LogP contribution is 2.11. The molecule has 2 heterocycles. The van der Waals surface area contributed by atoms with Crippen LogP contribution in [0.3, 0.4) is 0 Å². The molecule has 0 spiro atoms. The molecule has 1 aromatic heterocycles. The van der Waals surface area contributed by atoms with Crippen molar-refractivity contribution in [3.8, 4) is 0 Å². The van der Waals surface area contributed by atoms with Crippen molar-refractivity contribution in [1.82, 2.24) is 15.3 Å². The predicted molar refractivity (Wildman–Crippen MR) is 81.3 cm³/mol. The lowest BCUT2D eigenvalue weighted by atomic mass is 10.1. The van der Waals surface area contributed by atoms with Gasteiger partial charge in [0.25, 0.3) is 5.91 Å². The SMILES string of the molecule is CC(C)CCNc1nccc(C(=O)NCC2CCCO2)n1. The molecular formula is C15H24N4O2. The van der Waals surface area contributed by atoms with E-state index in [0.717, 1.165) is 32.4 Å². The van der Waals surface area contributed by atoms with E-state index < -0.39 is 0 Å². The van der Waals surface area contributed by atoms with Crippen LogP contribution in [-0.2, 0) is 4.74 Å². The Morgan fingerprint density at radius 2 is 2.38 bits per heavy atom. The zero-order valence-electron chi connectivity index (χ0n) is 12.8. The largest absolute Gasteiger partial charge is 0.376 e. The molecule has 1 fully saturated rings. The number of nitrogens with zero attached hydrogens (tertiary/aromatic N) is 2. The highest BCUT2D eigenvalue weighted by Gasteiger charge is 2.17. The fourth-order valence-corrected chi connectivity index (χ4v) is 2.15. The number of ether oxygens (including phenoxy) is 1. The van der Waals surface area contributed by atoms with E-state index in [2.05, 4.69) is 34.4 Å². The third-order valence-corrected chi connectivity index (χ3v) is 3.41. The average molecular weight is 292 g/mol. The molecular weight excluding hydrogens is 268 g/mol. The maximum absolute atomic E-state index is 12.1. The summed E-state index contributed by atoms with van der Waals surface area (Å²) < 4.78 is 5.48. The van der Waals surface area contributed by atoms with E-state index in [1.807, 2.05) is 0 Å². The van der Waals surface area contributed by atoms with Gasteiger partial charge in [0.2, 0.25) is 5.95 Å². The first kappa shape index (κ1) is 15.7. The number of anilines is 1. The molecule has 0 saturated carbocycles. The summed E-state index contributed by atoms with van der Waals surface area (Å²) in [7, 11) is 0. The monoisotopic (exact) mass is 292 g/mol. The second-order valence-electron chi connectivity index (χ2n) is 5.72. The Kier molecular flexibility index (Phi) is 5.92. The number of hydrogen-bond donors (Lipinski definition) is 2. The van der Waals surface area contributed by atoms with E-state index in [4.69, 9.17) is 4.74 Å². The maximum atomic E-state index is 12.1. The Labute approximate surface area is 125 Å². The van der Waals surface area contributed by atoms with E-state index in [0.29, 0.717) is 24.1 Å². The van der Waals surface area contributed by atoms with Gasteiger partial charge >= 0.3 is 0 Å². The summed E-state index contributed by atoms with van der Waals surface area (Å²) in [5.41, 5.74) is 0.384. The van der Waals surface area contributed by atoms with Crippen LogP contribution in [0.4, 0.5) is 5.95 Å². The quantitative estimate of drug-likeness (QED) is 0.802. The normalized spacial score (nSPS) is 18.0. The van der Waals surface area contributed by atoms with E-state index in [9.17, 15) is 4.79 Å². The van der Waals surface area contributed by atoms with Gasteiger partial charge in [-0.25, -0.2) is 9.97 Å². The molecule has 0 aliphatic carbocycles. The summed E-state index contributed by atoms with van der Waals surface area (Å²) in [6, 6.07) is 1.62. The minimum atomic E-state index is -0.181. The van der Waals surface area contributed by atoms with E-state index >= 15 is 0 Å². The molecule has 0 aromatic carbocycles. The summed E-state index contributed by atoms with van der Waals surface area (Å²) in [4.78, 5) is 20.4. The zero-order valence-corrected chi connectivity index (χ0v) is 12.8. The van der Waals surface area contributed by atoms with Gasteiger partial charge in [-0.1, -0.05) is 13.8 Å². The van der Waals surface area contributed by atoms with Gasteiger partial charge in [-0.15, -0.1) is 0 Å². The lowest BCUT2D eigenvalue weighted by molar-refractivity contribution is 0.0853. The molecule has 0 radical (unpaired) electrons. The first-order valence-electron chi connectivity index (χ1n) is 7.62. The molecule has 0 bridgehead atoms. The number of amides is 1. The smallest absolute Gasteiger partial charge is 0.270 e. The van der Waals surface area contributed by atoms with Crippen LogP contribution in [0, 0.1) is 5.92 Å². The van der Waals surface area contributed by atoms with Gasteiger partial charge in [0.05, 0.1) is 6.10 Å². The highest BCUT2D eigenvalue weighted by molar-refractivity contribution is 5.92. The van der Waals surface area contributed by atoms with Crippen LogP contribution in [0.25, 0.3) is 0 Å². The number of aromatic nitrogens is 2. The van der Waals surface area contributed by atoms with Crippen molar-refractivity contribution in [2.75, 3.05) is 25.0 Å². The average Bonchev–Trinajstić information content (AvgIpc) is 2.98. The molecule has 1 saturated heterocycles. The summed E-state index contributed by atoms with van der Waals surface area (Å²) in [5, 5.41) is 6.00. The first-order valence-corrected chi connectivity index (χ1v) is 7.62. The summed E-state index contributed by atoms with van der Waals surface area (Å²) >= 11 is 0.